The minimum absolute atomic E-state index is 0. The number of fused-ring (bicyclic) bond motifs is 1. The number of piperidine rings is 1. The van der Waals surface area contributed by atoms with Gasteiger partial charge in [0.05, 0.1) is 18.3 Å². The molecule has 0 bridgehead atoms. The molecule has 2 heterocycles. The normalized spacial score (nSPS) is 19.4. The Balaban J connectivity index is 0.00000272. The van der Waals surface area contributed by atoms with E-state index >= 15 is 0 Å². The summed E-state index contributed by atoms with van der Waals surface area (Å²) in [5.74, 6) is -0.819. The fraction of sp³-hybridized carbons (Fsp3) is 0.591. The number of nitrogens with zero attached hydrogens (tertiary/aromatic N) is 1. The number of benzene rings is 1. The van der Waals surface area contributed by atoms with E-state index in [1.807, 2.05) is 12.1 Å². The molecule has 2 aliphatic rings. The van der Waals surface area contributed by atoms with Crippen molar-refractivity contribution < 1.29 is 24.2 Å². The van der Waals surface area contributed by atoms with E-state index in [0.29, 0.717) is 23.8 Å². The highest BCUT2D eigenvalue weighted by atomic mass is 79.9. The van der Waals surface area contributed by atoms with E-state index in [-0.39, 0.29) is 52.4 Å². The monoisotopic (exact) mass is 609 g/mol. The van der Waals surface area contributed by atoms with Gasteiger partial charge in [-0.15, -0.1) is 45.7 Å². The van der Waals surface area contributed by atoms with Crippen LogP contribution in [0.5, 0.6) is 0 Å². The highest BCUT2D eigenvalue weighted by Crippen LogP contribution is 2.34. The lowest BCUT2D eigenvalue weighted by molar-refractivity contribution is -0.146. The average Bonchev–Trinajstić information content (AvgIpc) is 2.89. The number of hydrogen-bond acceptors (Lipinski definition) is 7. The van der Waals surface area contributed by atoms with Crippen molar-refractivity contribution in [1.82, 2.24) is 10.6 Å². The summed E-state index contributed by atoms with van der Waals surface area (Å²) in [6.45, 7) is 3.59. The quantitative estimate of drug-likeness (QED) is 0.366. The molecule has 2 aliphatic heterocycles. The second kappa shape index (κ2) is 15.0. The van der Waals surface area contributed by atoms with Crippen molar-refractivity contribution in [2.75, 3.05) is 36.9 Å². The van der Waals surface area contributed by atoms with E-state index < -0.39 is 24.6 Å². The zero-order valence-electron chi connectivity index (χ0n) is 18.7. The zero-order chi connectivity index (χ0) is 22.2. The summed E-state index contributed by atoms with van der Waals surface area (Å²) in [5.41, 5.74) is 0.589. The van der Waals surface area contributed by atoms with Crippen LogP contribution in [-0.4, -0.2) is 67.0 Å². The number of amides is 1. The van der Waals surface area contributed by atoms with Crippen molar-refractivity contribution >= 4 is 69.3 Å². The Labute approximate surface area is 220 Å². The molecule has 0 aromatic heterocycles. The van der Waals surface area contributed by atoms with Crippen molar-refractivity contribution in [2.24, 2.45) is 5.92 Å². The summed E-state index contributed by atoms with van der Waals surface area (Å²) >= 11 is 1.49. The van der Waals surface area contributed by atoms with Crippen LogP contribution >= 0.6 is 45.7 Å². The number of aliphatic carboxylic acids is 1. The lowest BCUT2D eigenvalue weighted by Gasteiger charge is -2.28. The van der Waals surface area contributed by atoms with Gasteiger partial charge in [0, 0.05) is 10.6 Å². The molecule has 1 aromatic rings. The fourth-order valence-electron chi connectivity index (χ4n) is 4.10. The summed E-state index contributed by atoms with van der Waals surface area (Å²) in [6, 6.07) is 6.01. The van der Waals surface area contributed by atoms with E-state index in [2.05, 4.69) is 10.6 Å². The molecule has 0 radical (unpaired) electrons. The third-order valence-corrected chi connectivity index (χ3v) is 6.87. The van der Waals surface area contributed by atoms with Gasteiger partial charge in [0.1, 0.15) is 12.6 Å². The number of nitrogens with one attached hydrogen (secondary N) is 2. The molecule has 3 N–H and O–H groups in total. The number of carbonyl (C=O) groups excluding carboxylic acids is 2. The molecule has 11 heteroatoms. The van der Waals surface area contributed by atoms with Crippen molar-refractivity contribution in [3.05, 3.63) is 24.3 Å². The predicted molar refractivity (Wildman–Crippen MR) is 140 cm³/mol. The second-order valence-electron chi connectivity index (χ2n) is 7.89. The molecular weight excluding hydrogens is 578 g/mol. The first-order valence-electron chi connectivity index (χ1n) is 10.9. The maximum atomic E-state index is 13.3. The van der Waals surface area contributed by atoms with Gasteiger partial charge in [0.25, 0.3) is 0 Å². The van der Waals surface area contributed by atoms with Crippen LogP contribution in [0.2, 0.25) is 0 Å². The molecule has 186 valence electrons. The van der Waals surface area contributed by atoms with Crippen molar-refractivity contribution in [2.45, 2.75) is 49.6 Å². The van der Waals surface area contributed by atoms with Gasteiger partial charge in [0.2, 0.25) is 5.91 Å². The van der Waals surface area contributed by atoms with Gasteiger partial charge in [-0.25, -0.2) is 0 Å². The number of anilines is 1. The Kier molecular flexibility index (Phi) is 13.6. The first-order valence-corrected chi connectivity index (χ1v) is 11.9. The number of hydrogen-bond donors (Lipinski definition) is 3. The molecule has 8 nitrogen and oxygen atoms in total. The number of carbonyl (C=O) groups is 3. The first-order chi connectivity index (χ1) is 15.0. The number of ether oxygens (including phenoxy) is 1. The SMILES string of the molecule is Br.Br.CCOC(=O)[C@@H](CCC1CCNCC1)NC1CSc2ccccc2N(CC(=O)O)C1=O. The summed E-state index contributed by atoms with van der Waals surface area (Å²) in [5, 5.41) is 15.9. The van der Waals surface area contributed by atoms with Crippen LogP contribution in [0.3, 0.4) is 0 Å². The molecule has 1 unspecified atom stereocenters. The summed E-state index contributed by atoms with van der Waals surface area (Å²) in [7, 11) is 0. The third kappa shape index (κ3) is 8.54. The Morgan fingerprint density at radius 3 is 2.64 bits per heavy atom. The van der Waals surface area contributed by atoms with Crippen LogP contribution < -0.4 is 15.5 Å². The summed E-state index contributed by atoms with van der Waals surface area (Å²) < 4.78 is 5.27. The molecule has 0 aliphatic carbocycles. The minimum Gasteiger partial charge on any atom is -0.480 e. The molecule has 3 rings (SSSR count). The average molecular weight is 611 g/mol. The standard InChI is InChI=1S/C22H31N3O5S.2BrH/c1-2-30-22(29)16(8-7-15-9-11-23-12-10-15)24-17-14-31-19-6-4-3-5-18(19)25(21(17)28)13-20(26)27;;/h3-6,15-17,23-24H,2,7-14H2,1H3,(H,26,27);2*1H/t16-,17?;;/m1../s1. The van der Waals surface area contributed by atoms with Gasteiger partial charge in [-0.1, -0.05) is 12.1 Å². The largest absolute Gasteiger partial charge is 0.480 e. The van der Waals surface area contributed by atoms with Crippen LogP contribution in [0.25, 0.3) is 0 Å². The summed E-state index contributed by atoms with van der Waals surface area (Å²) in [6.07, 6.45) is 3.63. The van der Waals surface area contributed by atoms with E-state index in [9.17, 15) is 19.5 Å². The molecule has 33 heavy (non-hydrogen) atoms. The van der Waals surface area contributed by atoms with E-state index in [1.165, 1.54) is 16.7 Å². The maximum absolute atomic E-state index is 13.3. The molecule has 1 aromatic carbocycles. The molecule has 0 saturated carbocycles. The molecular formula is C22H33Br2N3O5S. The summed E-state index contributed by atoms with van der Waals surface area (Å²) in [4.78, 5) is 39.5. The topological polar surface area (TPSA) is 108 Å². The highest BCUT2D eigenvalue weighted by molar-refractivity contribution is 8.93. The Hall–Kier alpha value is -1.14. The van der Waals surface area contributed by atoms with Crippen molar-refractivity contribution in [1.29, 1.82) is 0 Å². The Morgan fingerprint density at radius 2 is 1.97 bits per heavy atom. The number of para-hydroxylation sites is 1. The van der Waals surface area contributed by atoms with Gasteiger partial charge >= 0.3 is 11.9 Å². The fourth-order valence-corrected chi connectivity index (χ4v) is 5.18. The van der Waals surface area contributed by atoms with E-state index in [0.717, 1.165) is 37.2 Å². The van der Waals surface area contributed by atoms with Crippen LogP contribution in [-0.2, 0) is 19.1 Å². The molecule has 1 fully saturated rings. The molecule has 2 atom stereocenters. The number of esters is 1. The zero-order valence-corrected chi connectivity index (χ0v) is 22.9. The molecule has 0 spiro atoms. The van der Waals surface area contributed by atoms with Crippen LogP contribution in [0.4, 0.5) is 5.69 Å². The number of halogens is 2. The Bertz CT molecular complexity index is 795. The molecule has 1 saturated heterocycles. The Morgan fingerprint density at radius 1 is 1.27 bits per heavy atom. The number of carboxylic acid groups (broad SMARTS) is 1. The van der Waals surface area contributed by atoms with Gasteiger partial charge in [-0.3, -0.25) is 24.6 Å². The number of thioether (sulfide) groups is 1. The highest BCUT2D eigenvalue weighted by Gasteiger charge is 2.35. The predicted octanol–water partition coefficient (Wildman–Crippen LogP) is 3.04. The van der Waals surface area contributed by atoms with Gasteiger partial charge in [-0.05, 0) is 63.7 Å². The van der Waals surface area contributed by atoms with E-state index in [1.54, 1.807) is 19.1 Å². The molecule has 1 amide bonds. The maximum Gasteiger partial charge on any atom is 0.323 e. The first kappa shape index (κ1) is 29.9. The van der Waals surface area contributed by atoms with Crippen LogP contribution in [0.15, 0.2) is 29.2 Å². The lowest BCUT2D eigenvalue weighted by Crippen LogP contribution is -2.54. The van der Waals surface area contributed by atoms with Crippen molar-refractivity contribution in [3.8, 4) is 0 Å². The van der Waals surface area contributed by atoms with Gasteiger partial charge < -0.3 is 15.2 Å². The van der Waals surface area contributed by atoms with Gasteiger partial charge in [-0.2, -0.15) is 0 Å². The van der Waals surface area contributed by atoms with Crippen LogP contribution in [0, 0.1) is 5.92 Å². The van der Waals surface area contributed by atoms with Crippen molar-refractivity contribution in [3.63, 3.8) is 0 Å². The minimum atomic E-state index is -1.08. The third-order valence-electron chi connectivity index (χ3n) is 5.71. The van der Waals surface area contributed by atoms with E-state index in [4.69, 9.17) is 4.74 Å². The number of carboxylic acids is 1. The number of rotatable bonds is 9. The van der Waals surface area contributed by atoms with Crippen LogP contribution in [0.1, 0.15) is 32.6 Å². The van der Waals surface area contributed by atoms with Gasteiger partial charge in [0.15, 0.2) is 0 Å². The lowest BCUT2D eigenvalue weighted by atomic mass is 9.91. The smallest absolute Gasteiger partial charge is 0.323 e. The second-order valence-corrected chi connectivity index (χ2v) is 8.95.